The molecular formula is C27H25F6N2OPSe. The molecule has 0 aromatic heterocycles. The summed E-state index contributed by atoms with van der Waals surface area (Å²) in [5, 5.41) is 0. The fourth-order valence-corrected chi connectivity index (χ4v) is 6.23. The second kappa shape index (κ2) is 10.3. The number of anilines is 1. The minimum absolute atomic E-state index is 0.231. The van der Waals surface area contributed by atoms with Gasteiger partial charge in [0.15, 0.2) is 0 Å². The van der Waals surface area contributed by atoms with Crippen LogP contribution >= 0.6 is 7.81 Å². The monoisotopic (exact) mass is 618 g/mol. The van der Waals surface area contributed by atoms with Gasteiger partial charge >= 0.3 is 223 Å². The maximum atomic E-state index is 9.87. The van der Waals surface area contributed by atoms with E-state index in [9.17, 15) is 25.2 Å². The van der Waals surface area contributed by atoms with Crippen molar-refractivity contribution in [2.24, 2.45) is 0 Å². The molecule has 1 saturated heterocycles. The molecule has 3 nitrogen and oxygen atoms in total. The molecule has 0 unspecified atom stereocenters. The van der Waals surface area contributed by atoms with Crippen molar-refractivity contribution in [3.8, 4) is 0 Å². The van der Waals surface area contributed by atoms with Gasteiger partial charge in [-0.05, 0) is 0 Å². The fraction of sp³-hybridized carbons (Fsp3) is 0.148. The van der Waals surface area contributed by atoms with Crippen LogP contribution in [0.25, 0.3) is 8.94 Å². The Bertz CT molecular complexity index is 1350. The molecule has 0 amide bonds. The topological polar surface area (TPSA) is 38.3 Å². The number of hydrogen-bond donors (Lipinski definition) is 1. The zero-order chi connectivity index (χ0) is 27.5. The molecule has 2 aromatic rings. The van der Waals surface area contributed by atoms with Crippen molar-refractivity contribution in [2.45, 2.75) is 0 Å². The van der Waals surface area contributed by atoms with Gasteiger partial charge in [-0.1, -0.05) is 0 Å². The summed E-state index contributed by atoms with van der Waals surface area (Å²) >= 11 is 0.231. The maximum absolute atomic E-state index is 10.7. The Kier molecular flexibility index (Phi) is 7.65. The Morgan fingerprint density at radius 3 is 1.71 bits per heavy atom. The van der Waals surface area contributed by atoms with Crippen molar-refractivity contribution in [3.05, 3.63) is 113 Å². The summed E-state index contributed by atoms with van der Waals surface area (Å²) in [5.41, 5.74) is 13.0. The van der Waals surface area contributed by atoms with Crippen LogP contribution in [-0.2, 0) is 4.74 Å². The van der Waals surface area contributed by atoms with Crippen LogP contribution in [0.2, 0.25) is 0 Å². The van der Waals surface area contributed by atoms with Crippen LogP contribution in [-0.4, -0.2) is 51.5 Å². The molecule has 1 fully saturated rings. The van der Waals surface area contributed by atoms with Gasteiger partial charge in [0.05, 0.1) is 0 Å². The van der Waals surface area contributed by atoms with Crippen LogP contribution < -0.4 is 5.73 Å². The second-order valence-electron chi connectivity index (χ2n) is 8.67. The Morgan fingerprint density at radius 2 is 1.18 bits per heavy atom. The van der Waals surface area contributed by atoms with E-state index in [0.29, 0.717) is 0 Å². The first-order valence-corrected chi connectivity index (χ1v) is 15.3. The molecule has 11 heteroatoms. The first-order chi connectivity index (χ1) is 17.7. The van der Waals surface area contributed by atoms with Gasteiger partial charge in [-0.15, -0.1) is 0 Å². The van der Waals surface area contributed by atoms with Crippen LogP contribution in [0.15, 0.2) is 102 Å². The SMILES string of the molecule is F[P-](F)(F)(F)(F)F.Nc1ccc(C2=CC(=C3C=CC(=[N+]4CCOCC4)C=C3)C=C(c3ccccc3)[Se]2)cc1. The van der Waals surface area contributed by atoms with Gasteiger partial charge in [-0.25, -0.2) is 0 Å². The van der Waals surface area contributed by atoms with E-state index in [1.165, 1.54) is 36.9 Å². The van der Waals surface area contributed by atoms with Gasteiger partial charge in [0.25, 0.3) is 0 Å². The average molecular weight is 617 g/mol. The molecule has 0 spiro atoms. The summed E-state index contributed by atoms with van der Waals surface area (Å²) in [6.45, 7) is 3.52. The molecular weight excluding hydrogens is 592 g/mol. The predicted octanol–water partition coefficient (Wildman–Crippen LogP) is 7.66. The Balaban J connectivity index is 0.000000426. The third kappa shape index (κ3) is 9.14. The van der Waals surface area contributed by atoms with Gasteiger partial charge < -0.3 is 0 Å². The summed E-state index contributed by atoms with van der Waals surface area (Å²) in [7, 11) is -10.7. The van der Waals surface area contributed by atoms with E-state index in [-0.39, 0.29) is 15.0 Å². The van der Waals surface area contributed by atoms with E-state index in [1.54, 1.807) is 0 Å². The van der Waals surface area contributed by atoms with Crippen molar-refractivity contribution in [2.75, 3.05) is 32.0 Å². The molecule has 0 saturated carbocycles. The number of morpholine rings is 1. The van der Waals surface area contributed by atoms with Crippen LogP contribution in [0.5, 0.6) is 0 Å². The standard InChI is InChI=1S/C27H24N2OSe.F6P/c28-24-10-6-22(7-11-24)27-19-23(18-26(31-27)21-4-2-1-3-5-21)20-8-12-25(13-9-20)29-14-16-30-17-15-29;1-7(2,3,4,5)6/h1-13,18-19,28H,14-17H2;/q;-1/p+1. The number of nitrogens with two attached hydrogens (primary N) is 1. The van der Waals surface area contributed by atoms with Gasteiger partial charge in [-0.2, -0.15) is 0 Å². The summed E-state index contributed by atoms with van der Waals surface area (Å²) in [6, 6.07) is 19.0. The number of nitrogens with zero attached hydrogens (tertiary/aromatic N) is 1. The van der Waals surface area contributed by atoms with Crippen molar-refractivity contribution < 1.29 is 34.5 Å². The van der Waals surface area contributed by atoms with Gasteiger partial charge in [0.2, 0.25) is 0 Å². The third-order valence-corrected chi connectivity index (χ3v) is 8.03. The Labute approximate surface area is 222 Å². The normalized spacial score (nSPS) is 19.6. The molecule has 1 aliphatic carbocycles. The van der Waals surface area contributed by atoms with Crippen LogP contribution in [0, 0.1) is 0 Å². The van der Waals surface area contributed by atoms with E-state index in [0.717, 1.165) is 32.0 Å². The van der Waals surface area contributed by atoms with Crippen molar-refractivity contribution in [3.63, 3.8) is 0 Å². The molecule has 2 heterocycles. The quantitative estimate of drug-likeness (QED) is 0.124. The third-order valence-electron chi connectivity index (χ3n) is 5.62. The zero-order valence-corrected chi connectivity index (χ0v) is 22.7. The summed E-state index contributed by atoms with van der Waals surface area (Å²) in [5.74, 6) is 0. The molecule has 2 aromatic carbocycles. The first-order valence-electron chi connectivity index (χ1n) is 11.6. The zero-order valence-electron chi connectivity index (χ0n) is 20.0. The fourth-order valence-electron chi connectivity index (χ4n) is 3.89. The number of allylic oxidation sites excluding steroid dienone is 8. The predicted molar refractivity (Wildman–Crippen MR) is 144 cm³/mol. The average Bonchev–Trinajstić information content (AvgIpc) is 2.88. The number of hydrogen-bond acceptors (Lipinski definition) is 2. The number of nitrogen functional groups attached to an aromatic ring is 1. The second-order valence-corrected chi connectivity index (χ2v) is 12.9. The molecule has 3 aliphatic rings. The van der Waals surface area contributed by atoms with E-state index >= 15 is 0 Å². The summed E-state index contributed by atoms with van der Waals surface area (Å²) in [4.78, 5) is 0. The number of rotatable bonds is 2. The van der Waals surface area contributed by atoms with Crippen LogP contribution in [0.4, 0.5) is 30.9 Å². The van der Waals surface area contributed by atoms with Crippen molar-refractivity contribution in [1.82, 2.24) is 0 Å². The molecule has 38 heavy (non-hydrogen) atoms. The van der Waals surface area contributed by atoms with Gasteiger partial charge in [0, 0.05) is 0 Å². The summed E-state index contributed by atoms with van der Waals surface area (Å²) < 4.78 is 69.8. The number of ether oxygens (including phenoxy) is 1. The molecule has 0 radical (unpaired) electrons. The van der Waals surface area contributed by atoms with E-state index in [2.05, 4.69) is 83.5 Å². The van der Waals surface area contributed by atoms with Gasteiger partial charge in [0.1, 0.15) is 0 Å². The van der Waals surface area contributed by atoms with E-state index in [4.69, 9.17) is 10.5 Å². The van der Waals surface area contributed by atoms with Crippen molar-refractivity contribution in [1.29, 1.82) is 0 Å². The molecule has 202 valence electrons. The molecule has 5 rings (SSSR count). The molecule has 0 bridgehead atoms. The van der Waals surface area contributed by atoms with E-state index < -0.39 is 7.81 Å². The Hall–Kier alpha value is -2.90. The minimum atomic E-state index is -10.7. The molecule has 2 aliphatic heterocycles. The Morgan fingerprint density at radius 1 is 0.684 bits per heavy atom. The van der Waals surface area contributed by atoms with Crippen molar-refractivity contribution >= 4 is 43.1 Å². The number of benzene rings is 2. The number of halogens is 6. The van der Waals surface area contributed by atoms with Crippen LogP contribution in [0.3, 0.4) is 0 Å². The van der Waals surface area contributed by atoms with E-state index in [1.807, 2.05) is 12.1 Å². The summed E-state index contributed by atoms with van der Waals surface area (Å²) in [6.07, 6.45) is 13.7. The van der Waals surface area contributed by atoms with Crippen LogP contribution in [0.1, 0.15) is 11.1 Å². The van der Waals surface area contributed by atoms with Gasteiger partial charge in [-0.3, -0.25) is 0 Å². The first kappa shape index (κ1) is 28.1. The molecule has 2 N–H and O–H groups in total. The molecule has 0 atom stereocenters.